The van der Waals surface area contributed by atoms with Crippen molar-refractivity contribution >= 4 is 17.5 Å². The first-order valence-electron chi connectivity index (χ1n) is 4.99. The van der Waals surface area contributed by atoms with Crippen LogP contribution in [0.3, 0.4) is 0 Å². The standard InChI is InChI=1S/C11H14N2O4/c1-17-9(7-10(14)13-16)11(15)12-8-5-3-2-4-6-8/h2-6,9,16H,7H2,1H3,(H,12,15)(H,13,14)/t9-/m1/s1. The second-order valence-electron chi connectivity index (χ2n) is 3.32. The summed E-state index contributed by atoms with van der Waals surface area (Å²) in [5.41, 5.74) is 2.06. The van der Waals surface area contributed by atoms with Gasteiger partial charge in [-0.2, -0.15) is 0 Å². The molecule has 1 aromatic rings. The van der Waals surface area contributed by atoms with Crippen LogP contribution in [-0.4, -0.2) is 30.2 Å². The Morgan fingerprint density at radius 1 is 1.35 bits per heavy atom. The van der Waals surface area contributed by atoms with E-state index in [1.54, 1.807) is 24.3 Å². The quantitative estimate of drug-likeness (QED) is 0.516. The van der Waals surface area contributed by atoms with Gasteiger partial charge in [0.2, 0.25) is 5.91 Å². The molecule has 0 heterocycles. The van der Waals surface area contributed by atoms with E-state index in [0.717, 1.165) is 0 Å². The van der Waals surface area contributed by atoms with E-state index >= 15 is 0 Å². The monoisotopic (exact) mass is 238 g/mol. The Morgan fingerprint density at radius 3 is 2.53 bits per heavy atom. The van der Waals surface area contributed by atoms with Gasteiger partial charge in [0, 0.05) is 12.8 Å². The van der Waals surface area contributed by atoms with Gasteiger partial charge in [0.15, 0.2) is 0 Å². The topological polar surface area (TPSA) is 87.7 Å². The highest BCUT2D eigenvalue weighted by molar-refractivity contribution is 5.96. The zero-order valence-corrected chi connectivity index (χ0v) is 9.34. The number of benzene rings is 1. The third-order valence-electron chi connectivity index (χ3n) is 2.11. The molecule has 0 bridgehead atoms. The minimum atomic E-state index is -0.942. The fourth-order valence-electron chi connectivity index (χ4n) is 1.24. The maximum absolute atomic E-state index is 11.7. The summed E-state index contributed by atoms with van der Waals surface area (Å²) in [6.07, 6.45) is -1.19. The van der Waals surface area contributed by atoms with Gasteiger partial charge >= 0.3 is 0 Å². The number of carbonyl (C=O) groups is 2. The first-order valence-corrected chi connectivity index (χ1v) is 4.99. The summed E-state index contributed by atoms with van der Waals surface area (Å²) in [5.74, 6) is -1.12. The SMILES string of the molecule is CO[C@H](CC(=O)NO)C(=O)Nc1ccccc1. The number of hydrogen-bond donors (Lipinski definition) is 3. The second-order valence-corrected chi connectivity index (χ2v) is 3.32. The molecule has 1 atom stereocenters. The first-order chi connectivity index (χ1) is 8.17. The van der Waals surface area contributed by atoms with Crippen LogP contribution in [0.5, 0.6) is 0 Å². The molecule has 0 unspecified atom stereocenters. The number of hydroxylamine groups is 1. The van der Waals surface area contributed by atoms with Gasteiger partial charge in [0.05, 0.1) is 6.42 Å². The lowest BCUT2D eigenvalue weighted by atomic mass is 10.2. The van der Waals surface area contributed by atoms with Gasteiger partial charge in [-0.25, -0.2) is 5.48 Å². The summed E-state index contributed by atoms with van der Waals surface area (Å²) in [5, 5.41) is 11.0. The summed E-state index contributed by atoms with van der Waals surface area (Å²) in [7, 11) is 1.32. The molecule has 17 heavy (non-hydrogen) atoms. The molecule has 0 aliphatic carbocycles. The predicted octanol–water partition coefficient (Wildman–Crippen LogP) is 0.536. The Balaban J connectivity index is 2.58. The lowest BCUT2D eigenvalue weighted by Crippen LogP contribution is -2.34. The van der Waals surface area contributed by atoms with E-state index in [0.29, 0.717) is 5.69 Å². The van der Waals surface area contributed by atoms with Crippen LogP contribution in [-0.2, 0) is 14.3 Å². The fraction of sp³-hybridized carbons (Fsp3) is 0.273. The molecule has 92 valence electrons. The predicted molar refractivity (Wildman–Crippen MR) is 60.4 cm³/mol. The zero-order chi connectivity index (χ0) is 12.7. The first kappa shape index (κ1) is 13.1. The smallest absolute Gasteiger partial charge is 0.254 e. The molecular weight excluding hydrogens is 224 g/mol. The van der Waals surface area contributed by atoms with Crippen molar-refractivity contribution < 1.29 is 19.5 Å². The molecule has 6 heteroatoms. The maximum Gasteiger partial charge on any atom is 0.254 e. The number of methoxy groups -OCH3 is 1. The van der Waals surface area contributed by atoms with Crippen molar-refractivity contribution in [1.29, 1.82) is 0 Å². The fourth-order valence-corrected chi connectivity index (χ4v) is 1.24. The number of rotatable bonds is 5. The molecule has 0 aromatic heterocycles. The van der Waals surface area contributed by atoms with Crippen LogP contribution >= 0.6 is 0 Å². The van der Waals surface area contributed by atoms with Gasteiger partial charge in [-0.3, -0.25) is 14.8 Å². The third kappa shape index (κ3) is 4.21. The minimum Gasteiger partial charge on any atom is -0.371 e. The number of para-hydroxylation sites is 1. The van der Waals surface area contributed by atoms with Crippen LogP contribution in [0.4, 0.5) is 5.69 Å². The average molecular weight is 238 g/mol. The van der Waals surface area contributed by atoms with E-state index in [2.05, 4.69) is 5.32 Å². The van der Waals surface area contributed by atoms with Crippen LogP contribution < -0.4 is 10.8 Å². The number of hydrogen-bond acceptors (Lipinski definition) is 4. The largest absolute Gasteiger partial charge is 0.371 e. The molecule has 0 radical (unpaired) electrons. The van der Waals surface area contributed by atoms with Crippen molar-refractivity contribution in [2.45, 2.75) is 12.5 Å². The van der Waals surface area contributed by atoms with Gasteiger partial charge in [-0.05, 0) is 12.1 Å². The zero-order valence-electron chi connectivity index (χ0n) is 9.34. The van der Waals surface area contributed by atoms with Crippen molar-refractivity contribution in [2.75, 3.05) is 12.4 Å². The van der Waals surface area contributed by atoms with E-state index in [4.69, 9.17) is 9.94 Å². The summed E-state index contributed by atoms with van der Waals surface area (Å²) >= 11 is 0. The molecule has 3 N–H and O–H groups in total. The Bertz CT molecular complexity index is 380. The molecule has 0 saturated carbocycles. The van der Waals surface area contributed by atoms with Gasteiger partial charge in [-0.1, -0.05) is 18.2 Å². The van der Waals surface area contributed by atoms with Crippen molar-refractivity contribution in [3.05, 3.63) is 30.3 Å². The molecule has 1 rings (SSSR count). The molecular formula is C11H14N2O4. The van der Waals surface area contributed by atoms with Gasteiger partial charge in [0.25, 0.3) is 5.91 Å². The van der Waals surface area contributed by atoms with E-state index < -0.39 is 17.9 Å². The lowest BCUT2D eigenvalue weighted by molar-refractivity contribution is -0.137. The number of carbonyl (C=O) groups excluding carboxylic acids is 2. The molecule has 0 fully saturated rings. The van der Waals surface area contributed by atoms with Crippen LogP contribution in [0.2, 0.25) is 0 Å². The molecule has 6 nitrogen and oxygen atoms in total. The number of amides is 2. The van der Waals surface area contributed by atoms with Crippen LogP contribution in [0.15, 0.2) is 30.3 Å². The number of anilines is 1. The highest BCUT2D eigenvalue weighted by Gasteiger charge is 2.21. The lowest BCUT2D eigenvalue weighted by Gasteiger charge is -2.14. The van der Waals surface area contributed by atoms with E-state index in [1.165, 1.54) is 12.6 Å². The summed E-state index contributed by atoms with van der Waals surface area (Å²) in [6, 6.07) is 8.81. The Labute approximate surface area is 98.5 Å². The van der Waals surface area contributed by atoms with Crippen molar-refractivity contribution in [1.82, 2.24) is 5.48 Å². The molecule has 1 aromatic carbocycles. The van der Waals surface area contributed by atoms with Crippen LogP contribution in [0.1, 0.15) is 6.42 Å². The maximum atomic E-state index is 11.7. The summed E-state index contributed by atoms with van der Waals surface area (Å²) in [4.78, 5) is 22.6. The van der Waals surface area contributed by atoms with Crippen molar-refractivity contribution in [3.63, 3.8) is 0 Å². The highest BCUT2D eigenvalue weighted by Crippen LogP contribution is 2.07. The molecule has 0 aliphatic heterocycles. The van der Waals surface area contributed by atoms with Crippen LogP contribution in [0, 0.1) is 0 Å². The Morgan fingerprint density at radius 2 is 2.00 bits per heavy atom. The summed E-state index contributed by atoms with van der Waals surface area (Å²) < 4.78 is 4.87. The van der Waals surface area contributed by atoms with E-state index in [9.17, 15) is 9.59 Å². The van der Waals surface area contributed by atoms with Gasteiger partial charge in [0.1, 0.15) is 6.10 Å². The van der Waals surface area contributed by atoms with Crippen molar-refractivity contribution in [2.24, 2.45) is 0 Å². The normalized spacial score (nSPS) is 11.6. The average Bonchev–Trinajstić information content (AvgIpc) is 2.36. The number of ether oxygens (including phenoxy) is 1. The third-order valence-corrected chi connectivity index (χ3v) is 2.11. The molecule has 0 spiro atoms. The Kier molecular flexibility index (Phi) is 5.12. The highest BCUT2D eigenvalue weighted by atomic mass is 16.5. The number of nitrogens with one attached hydrogen (secondary N) is 2. The molecule has 2 amide bonds. The Hall–Kier alpha value is -1.92. The molecule has 0 aliphatic rings. The van der Waals surface area contributed by atoms with E-state index in [1.807, 2.05) is 6.07 Å². The van der Waals surface area contributed by atoms with Gasteiger partial charge in [-0.15, -0.1) is 0 Å². The minimum absolute atomic E-state index is 0.244. The van der Waals surface area contributed by atoms with Gasteiger partial charge < -0.3 is 10.1 Å². The van der Waals surface area contributed by atoms with E-state index in [-0.39, 0.29) is 6.42 Å². The second kappa shape index (κ2) is 6.62. The van der Waals surface area contributed by atoms with Crippen molar-refractivity contribution in [3.8, 4) is 0 Å². The van der Waals surface area contributed by atoms with Crippen LogP contribution in [0.25, 0.3) is 0 Å². The molecule has 0 saturated heterocycles. The summed E-state index contributed by atoms with van der Waals surface area (Å²) in [6.45, 7) is 0.